The van der Waals surface area contributed by atoms with Gasteiger partial charge in [0.2, 0.25) is 5.91 Å². The molecule has 1 unspecified atom stereocenters. The number of anilines is 1. The third-order valence-corrected chi connectivity index (χ3v) is 3.46. The van der Waals surface area contributed by atoms with Crippen LogP contribution in [-0.4, -0.2) is 10.9 Å². The van der Waals surface area contributed by atoms with Crippen molar-refractivity contribution in [2.24, 2.45) is 5.73 Å². The Kier molecular flexibility index (Phi) is 3.85. The first kappa shape index (κ1) is 13.5. The number of carbonyl (C=O) groups is 1. The number of nitrogens with two attached hydrogens (primary N) is 1. The summed E-state index contributed by atoms with van der Waals surface area (Å²) in [6.45, 7) is 1.76. The molecule has 0 saturated carbocycles. The molecule has 0 bridgehead atoms. The second-order valence-corrected chi connectivity index (χ2v) is 5.28. The van der Waals surface area contributed by atoms with E-state index in [-0.39, 0.29) is 0 Å². The van der Waals surface area contributed by atoms with Gasteiger partial charge in [0.25, 0.3) is 0 Å². The molecule has 98 valence electrons. The molecule has 1 heterocycles. The number of amides is 1. The normalized spacial score (nSPS) is 13.6. The Bertz CT molecular complexity index is 588. The van der Waals surface area contributed by atoms with Crippen LogP contribution in [0.2, 0.25) is 0 Å². The van der Waals surface area contributed by atoms with Crippen LogP contribution in [0.1, 0.15) is 12.5 Å². The minimum absolute atomic E-state index is 0.446. The van der Waals surface area contributed by atoms with Gasteiger partial charge in [-0.3, -0.25) is 9.78 Å². The number of benzene rings is 1. The molecular weight excluding hydrogens is 306 g/mol. The Morgan fingerprint density at radius 2 is 2.00 bits per heavy atom. The molecule has 2 aromatic rings. The van der Waals surface area contributed by atoms with Crippen molar-refractivity contribution in [1.82, 2.24) is 4.98 Å². The lowest BCUT2D eigenvalue weighted by Gasteiger charge is -2.29. The molecule has 19 heavy (non-hydrogen) atoms. The Labute approximate surface area is 120 Å². The molecule has 0 aliphatic rings. The molecule has 5 heteroatoms. The van der Waals surface area contributed by atoms with E-state index in [9.17, 15) is 4.79 Å². The zero-order chi connectivity index (χ0) is 13.9. The van der Waals surface area contributed by atoms with Gasteiger partial charge in [-0.15, -0.1) is 0 Å². The van der Waals surface area contributed by atoms with Gasteiger partial charge in [-0.2, -0.15) is 0 Å². The highest BCUT2D eigenvalue weighted by Crippen LogP contribution is 2.27. The quantitative estimate of drug-likeness (QED) is 0.910. The average Bonchev–Trinajstić information content (AvgIpc) is 2.39. The van der Waals surface area contributed by atoms with Gasteiger partial charge in [0.15, 0.2) is 0 Å². The molecule has 0 radical (unpaired) electrons. The van der Waals surface area contributed by atoms with E-state index < -0.39 is 11.4 Å². The number of pyridine rings is 1. The van der Waals surface area contributed by atoms with Crippen LogP contribution in [0.15, 0.2) is 53.3 Å². The van der Waals surface area contributed by atoms with E-state index in [0.29, 0.717) is 0 Å². The predicted octanol–water partition coefficient (Wildman–Crippen LogP) is 2.66. The smallest absolute Gasteiger partial charge is 0.247 e. The van der Waals surface area contributed by atoms with Gasteiger partial charge in [-0.05, 0) is 42.8 Å². The van der Waals surface area contributed by atoms with E-state index in [1.807, 2.05) is 24.3 Å². The Morgan fingerprint density at radius 3 is 2.58 bits per heavy atom. The van der Waals surface area contributed by atoms with Crippen LogP contribution >= 0.6 is 15.9 Å². The predicted molar refractivity (Wildman–Crippen MR) is 78.5 cm³/mol. The SMILES string of the molecule is CC(Nc1cccc(Br)c1)(C(N)=O)c1ccncc1. The minimum atomic E-state index is -0.982. The third kappa shape index (κ3) is 2.93. The first-order valence-corrected chi connectivity index (χ1v) is 6.56. The van der Waals surface area contributed by atoms with Crippen molar-refractivity contribution in [2.75, 3.05) is 5.32 Å². The number of aromatic nitrogens is 1. The molecule has 1 aromatic carbocycles. The highest BCUT2D eigenvalue weighted by molar-refractivity contribution is 9.10. The van der Waals surface area contributed by atoms with Crippen LogP contribution in [0, 0.1) is 0 Å². The first-order chi connectivity index (χ1) is 9.02. The first-order valence-electron chi connectivity index (χ1n) is 5.76. The molecule has 0 saturated heterocycles. The van der Waals surface area contributed by atoms with Crippen molar-refractivity contribution < 1.29 is 4.79 Å². The van der Waals surface area contributed by atoms with Gasteiger partial charge in [0.05, 0.1) is 0 Å². The molecule has 0 spiro atoms. The van der Waals surface area contributed by atoms with E-state index in [1.54, 1.807) is 31.5 Å². The van der Waals surface area contributed by atoms with Gasteiger partial charge in [-0.1, -0.05) is 22.0 Å². The van der Waals surface area contributed by atoms with Crippen molar-refractivity contribution in [3.63, 3.8) is 0 Å². The number of primary amides is 1. The van der Waals surface area contributed by atoms with Gasteiger partial charge in [0, 0.05) is 22.6 Å². The van der Waals surface area contributed by atoms with Crippen LogP contribution in [-0.2, 0) is 10.3 Å². The average molecular weight is 320 g/mol. The molecule has 1 atom stereocenters. The lowest BCUT2D eigenvalue weighted by atomic mass is 9.91. The Balaban J connectivity index is 2.39. The second-order valence-electron chi connectivity index (χ2n) is 4.36. The van der Waals surface area contributed by atoms with Crippen molar-refractivity contribution in [3.8, 4) is 0 Å². The summed E-state index contributed by atoms with van der Waals surface area (Å²) in [6, 6.07) is 11.1. The monoisotopic (exact) mass is 319 g/mol. The van der Waals surface area contributed by atoms with Crippen molar-refractivity contribution >= 4 is 27.5 Å². The van der Waals surface area contributed by atoms with Crippen LogP contribution in [0.4, 0.5) is 5.69 Å². The topological polar surface area (TPSA) is 68.0 Å². The van der Waals surface area contributed by atoms with Crippen molar-refractivity contribution in [3.05, 3.63) is 58.8 Å². The molecule has 3 N–H and O–H groups in total. The van der Waals surface area contributed by atoms with E-state index in [2.05, 4.69) is 26.2 Å². The number of halogens is 1. The molecule has 0 aliphatic carbocycles. The zero-order valence-electron chi connectivity index (χ0n) is 10.4. The number of nitrogens with one attached hydrogen (secondary N) is 1. The van der Waals surface area contributed by atoms with Crippen LogP contribution in [0.3, 0.4) is 0 Å². The van der Waals surface area contributed by atoms with E-state index in [4.69, 9.17) is 5.73 Å². The zero-order valence-corrected chi connectivity index (χ0v) is 12.0. The second kappa shape index (κ2) is 5.40. The summed E-state index contributed by atoms with van der Waals surface area (Å²) in [7, 11) is 0. The number of rotatable bonds is 4. The molecule has 1 amide bonds. The van der Waals surface area contributed by atoms with Gasteiger partial charge >= 0.3 is 0 Å². The maximum absolute atomic E-state index is 11.8. The molecule has 0 fully saturated rings. The number of nitrogens with zero attached hydrogens (tertiary/aromatic N) is 1. The maximum atomic E-state index is 11.8. The van der Waals surface area contributed by atoms with Crippen LogP contribution < -0.4 is 11.1 Å². The largest absolute Gasteiger partial charge is 0.368 e. The molecule has 4 nitrogen and oxygen atoms in total. The highest BCUT2D eigenvalue weighted by Gasteiger charge is 2.33. The fourth-order valence-corrected chi connectivity index (χ4v) is 2.22. The molecule has 0 aliphatic heterocycles. The van der Waals surface area contributed by atoms with Crippen LogP contribution in [0.5, 0.6) is 0 Å². The lowest BCUT2D eigenvalue weighted by molar-refractivity contribution is -0.122. The van der Waals surface area contributed by atoms with Gasteiger partial charge in [-0.25, -0.2) is 0 Å². The van der Waals surface area contributed by atoms with Crippen molar-refractivity contribution in [1.29, 1.82) is 0 Å². The summed E-state index contributed by atoms with van der Waals surface area (Å²) in [4.78, 5) is 15.8. The minimum Gasteiger partial charge on any atom is -0.368 e. The highest BCUT2D eigenvalue weighted by atomic mass is 79.9. The fraction of sp³-hybridized carbons (Fsp3) is 0.143. The number of hydrogen-bond acceptors (Lipinski definition) is 3. The fourth-order valence-electron chi connectivity index (χ4n) is 1.82. The third-order valence-electron chi connectivity index (χ3n) is 2.97. The lowest BCUT2D eigenvalue weighted by Crippen LogP contribution is -2.45. The molecule has 1 aromatic heterocycles. The maximum Gasteiger partial charge on any atom is 0.247 e. The van der Waals surface area contributed by atoms with E-state index >= 15 is 0 Å². The van der Waals surface area contributed by atoms with Gasteiger partial charge < -0.3 is 11.1 Å². The summed E-state index contributed by atoms with van der Waals surface area (Å²) < 4.78 is 0.930. The van der Waals surface area contributed by atoms with E-state index in [1.165, 1.54) is 0 Å². The summed E-state index contributed by atoms with van der Waals surface area (Å²) in [5.74, 6) is -0.446. The number of hydrogen-bond donors (Lipinski definition) is 2. The Hall–Kier alpha value is -1.88. The summed E-state index contributed by atoms with van der Waals surface area (Å²) >= 11 is 3.40. The van der Waals surface area contributed by atoms with E-state index in [0.717, 1.165) is 15.7 Å². The van der Waals surface area contributed by atoms with Gasteiger partial charge in [0.1, 0.15) is 5.54 Å². The molecular formula is C14H14BrN3O. The van der Waals surface area contributed by atoms with Crippen LogP contribution in [0.25, 0.3) is 0 Å². The number of carbonyl (C=O) groups excluding carboxylic acids is 1. The Morgan fingerprint density at radius 1 is 1.32 bits per heavy atom. The summed E-state index contributed by atoms with van der Waals surface area (Å²) in [5.41, 5.74) is 6.16. The standard InChI is InChI=1S/C14H14BrN3O/c1-14(13(16)19,10-5-7-17-8-6-10)18-12-4-2-3-11(15)9-12/h2-9,18H,1H3,(H2,16,19). The van der Waals surface area contributed by atoms with Crippen molar-refractivity contribution in [2.45, 2.75) is 12.5 Å². The summed E-state index contributed by atoms with van der Waals surface area (Å²) in [6.07, 6.45) is 3.28. The molecule has 2 rings (SSSR count). The summed E-state index contributed by atoms with van der Waals surface area (Å²) in [5, 5.41) is 3.18.